The Bertz CT molecular complexity index is 643. The number of amides is 1. The number of sulfonamides is 1. The summed E-state index contributed by atoms with van der Waals surface area (Å²) in [6.07, 6.45) is 0. The minimum Gasteiger partial charge on any atom is -0.389 e. The van der Waals surface area contributed by atoms with E-state index in [1.54, 1.807) is 13.8 Å². The van der Waals surface area contributed by atoms with Gasteiger partial charge in [0.2, 0.25) is 10.0 Å². The fourth-order valence-electron chi connectivity index (χ4n) is 2.11. The van der Waals surface area contributed by atoms with Gasteiger partial charge < -0.3 is 15.2 Å². The van der Waals surface area contributed by atoms with Gasteiger partial charge >= 0.3 is 0 Å². The van der Waals surface area contributed by atoms with Gasteiger partial charge in [-0.05, 0) is 38.1 Å². The number of benzene rings is 1. The smallest absolute Gasteiger partial charge is 0.251 e. The summed E-state index contributed by atoms with van der Waals surface area (Å²) in [5.74, 6) is -0.359. The van der Waals surface area contributed by atoms with Crippen molar-refractivity contribution in [3.8, 4) is 0 Å². The van der Waals surface area contributed by atoms with E-state index in [2.05, 4.69) is 5.32 Å². The van der Waals surface area contributed by atoms with Gasteiger partial charge in [-0.25, -0.2) is 8.42 Å². The number of nitrogens with zero attached hydrogens (tertiary/aromatic N) is 1. The van der Waals surface area contributed by atoms with E-state index in [-0.39, 0.29) is 17.3 Å². The van der Waals surface area contributed by atoms with Crippen LogP contribution in [0, 0.1) is 0 Å². The Morgan fingerprint density at radius 3 is 2.35 bits per heavy atom. The first-order chi connectivity index (χ1) is 10.7. The standard InChI is InChI=1S/C15H22N2O5S/c1-15(2,19)11-16-14(18)12-3-5-13(6-4-12)23(20,21)17-7-9-22-10-8-17/h3-6,19H,7-11H2,1-2H3,(H,16,18). The average molecular weight is 342 g/mol. The van der Waals surface area contributed by atoms with E-state index in [9.17, 15) is 18.3 Å². The van der Waals surface area contributed by atoms with Gasteiger partial charge in [0, 0.05) is 25.2 Å². The molecule has 1 heterocycles. The molecule has 0 bridgehead atoms. The number of hydrogen-bond donors (Lipinski definition) is 2. The van der Waals surface area contributed by atoms with Crippen molar-refractivity contribution >= 4 is 15.9 Å². The summed E-state index contributed by atoms with van der Waals surface area (Å²) in [6, 6.07) is 5.77. The van der Waals surface area contributed by atoms with Crippen molar-refractivity contribution in [3.63, 3.8) is 0 Å². The van der Waals surface area contributed by atoms with E-state index in [1.165, 1.54) is 28.6 Å². The van der Waals surface area contributed by atoms with Crippen LogP contribution in [0.2, 0.25) is 0 Å². The predicted octanol–water partition coefficient (Wildman–Crippen LogP) is 0.208. The molecule has 1 amide bonds. The maximum atomic E-state index is 12.5. The number of ether oxygens (including phenoxy) is 1. The number of hydrogen-bond acceptors (Lipinski definition) is 5. The topological polar surface area (TPSA) is 95.9 Å². The highest BCUT2D eigenvalue weighted by Gasteiger charge is 2.26. The van der Waals surface area contributed by atoms with Crippen molar-refractivity contribution in [2.45, 2.75) is 24.3 Å². The average Bonchev–Trinajstić information content (AvgIpc) is 2.53. The summed E-state index contributed by atoms with van der Waals surface area (Å²) in [4.78, 5) is 12.1. The van der Waals surface area contributed by atoms with E-state index in [0.717, 1.165) is 0 Å². The molecule has 7 nitrogen and oxygen atoms in total. The lowest BCUT2D eigenvalue weighted by atomic mass is 10.1. The van der Waals surface area contributed by atoms with Crippen LogP contribution in [0.25, 0.3) is 0 Å². The summed E-state index contributed by atoms with van der Waals surface area (Å²) in [7, 11) is -3.56. The Hall–Kier alpha value is -1.48. The fourth-order valence-corrected chi connectivity index (χ4v) is 3.52. The zero-order chi connectivity index (χ0) is 17.1. The molecule has 0 aliphatic carbocycles. The van der Waals surface area contributed by atoms with Gasteiger partial charge in [0.15, 0.2) is 0 Å². The lowest BCUT2D eigenvalue weighted by molar-refractivity contribution is 0.0694. The van der Waals surface area contributed by atoms with Crippen LogP contribution in [0.3, 0.4) is 0 Å². The zero-order valence-electron chi connectivity index (χ0n) is 13.3. The molecular weight excluding hydrogens is 320 g/mol. The molecule has 0 aromatic heterocycles. The number of carbonyl (C=O) groups is 1. The van der Waals surface area contributed by atoms with Crippen LogP contribution in [0.4, 0.5) is 0 Å². The van der Waals surface area contributed by atoms with Gasteiger partial charge in [-0.3, -0.25) is 4.79 Å². The first kappa shape index (κ1) is 17.9. The predicted molar refractivity (Wildman–Crippen MR) is 84.7 cm³/mol. The second-order valence-electron chi connectivity index (χ2n) is 6.04. The van der Waals surface area contributed by atoms with Crippen LogP contribution in [-0.2, 0) is 14.8 Å². The second kappa shape index (κ2) is 6.96. The number of rotatable bonds is 5. The molecule has 1 aromatic carbocycles. The quantitative estimate of drug-likeness (QED) is 0.797. The zero-order valence-corrected chi connectivity index (χ0v) is 14.1. The fraction of sp³-hybridized carbons (Fsp3) is 0.533. The summed E-state index contributed by atoms with van der Waals surface area (Å²) < 4.78 is 31.5. The molecule has 1 aromatic rings. The SMILES string of the molecule is CC(C)(O)CNC(=O)c1ccc(S(=O)(=O)N2CCOCC2)cc1. The van der Waals surface area contributed by atoms with Crippen LogP contribution in [0.15, 0.2) is 29.2 Å². The summed E-state index contributed by atoms with van der Waals surface area (Å²) in [5.41, 5.74) is -0.662. The summed E-state index contributed by atoms with van der Waals surface area (Å²) in [6.45, 7) is 4.72. The second-order valence-corrected chi connectivity index (χ2v) is 7.97. The molecule has 2 rings (SSSR count). The van der Waals surface area contributed by atoms with Gasteiger partial charge in [0.1, 0.15) is 0 Å². The van der Waals surface area contributed by atoms with E-state index in [0.29, 0.717) is 31.9 Å². The minimum atomic E-state index is -3.56. The normalized spacial score (nSPS) is 17.0. The molecule has 1 saturated heterocycles. The third kappa shape index (κ3) is 4.74. The van der Waals surface area contributed by atoms with E-state index in [4.69, 9.17) is 4.74 Å². The van der Waals surface area contributed by atoms with E-state index in [1.807, 2.05) is 0 Å². The van der Waals surface area contributed by atoms with Crippen LogP contribution in [0.1, 0.15) is 24.2 Å². The van der Waals surface area contributed by atoms with Crippen LogP contribution < -0.4 is 5.32 Å². The Labute approximate surface area is 136 Å². The van der Waals surface area contributed by atoms with Crippen molar-refractivity contribution in [2.24, 2.45) is 0 Å². The molecule has 2 N–H and O–H groups in total. The van der Waals surface area contributed by atoms with Crippen LogP contribution >= 0.6 is 0 Å². The first-order valence-corrected chi connectivity index (χ1v) is 8.83. The molecule has 23 heavy (non-hydrogen) atoms. The van der Waals surface area contributed by atoms with Gasteiger partial charge in [0.25, 0.3) is 5.91 Å². The number of morpholine rings is 1. The van der Waals surface area contributed by atoms with Gasteiger partial charge in [0.05, 0.1) is 23.7 Å². The highest BCUT2D eigenvalue weighted by Crippen LogP contribution is 2.17. The first-order valence-electron chi connectivity index (χ1n) is 7.39. The minimum absolute atomic E-state index is 0.111. The molecule has 128 valence electrons. The third-order valence-electron chi connectivity index (χ3n) is 3.41. The third-order valence-corrected chi connectivity index (χ3v) is 5.32. The highest BCUT2D eigenvalue weighted by atomic mass is 32.2. The Balaban J connectivity index is 2.08. The van der Waals surface area contributed by atoms with Crippen molar-refractivity contribution in [2.75, 3.05) is 32.8 Å². The van der Waals surface area contributed by atoms with Crippen molar-refractivity contribution in [1.82, 2.24) is 9.62 Å². The molecule has 1 aliphatic heterocycles. The van der Waals surface area contributed by atoms with E-state index >= 15 is 0 Å². The molecule has 0 radical (unpaired) electrons. The maximum Gasteiger partial charge on any atom is 0.251 e. The number of aliphatic hydroxyl groups is 1. The van der Waals surface area contributed by atoms with Gasteiger partial charge in [-0.15, -0.1) is 0 Å². The lowest BCUT2D eigenvalue weighted by Crippen LogP contribution is -2.40. The highest BCUT2D eigenvalue weighted by molar-refractivity contribution is 7.89. The molecule has 0 unspecified atom stereocenters. The number of carbonyl (C=O) groups excluding carboxylic acids is 1. The van der Waals surface area contributed by atoms with Gasteiger partial charge in [-0.2, -0.15) is 4.31 Å². The summed E-state index contributed by atoms with van der Waals surface area (Å²) >= 11 is 0. The van der Waals surface area contributed by atoms with Crippen molar-refractivity contribution < 1.29 is 23.1 Å². The largest absolute Gasteiger partial charge is 0.389 e. The molecular formula is C15H22N2O5S. The summed E-state index contributed by atoms with van der Waals surface area (Å²) in [5, 5.41) is 12.2. The Morgan fingerprint density at radius 2 is 1.83 bits per heavy atom. The van der Waals surface area contributed by atoms with Crippen LogP contribution in [0.5, 0.6) is 0 Å². The van der Waals surface area contributed by atoms with Gasteiger partial charge in [-0.1, -0.05) is 0 Å². The lowest BCUT2D eigenvalue weighted by Gasteiger charge is -2.26. The van der Waals surface area contributed by atoms with Crippen molar-refractivity contribution in [3.05, 3.63) is 29.8 Å². The Kier molecular flexibility index (Phi) is 5.41. The Morgan fingerprint density at radius 1 is 1.26 bits per heavy atom. The molecule has 0 spiro atoms. The molecule has 8 heteroatoms. The monoisotopic (exact) mass is 342 g/mol. The van der Waals surface area contributed by atoms with Crippen molar-refractivity contribution in [1.29, 1.82) is 0 Å². The molecule has 0 atom stereocenters. The maximum absolute atomic E-state index is 12.5. The molecule has 0 saturated carbocycles. The molecule has 1 fully saturated rings. The molecule has 1 aliphatic rings. The number of nitrogens with one attached hydrogen (secondary N) is 1. The van der Waals surface area contributed by atoms with Crippen LogP contribution in [-0.4, -0.2) is 62.2 Å². The van der Waals surface area contributed by atoms with E-state index < -0.39 is 15.6 Å².